The van der Waals surface area contributed by atoms with Gasteiger partial charge in [0.2, 0.25) is 0 Å². The number of aryl methyl sites for hydroxylation is 1. The van der Waals surface area contributed by atoms with Crippen LogP contribution in [-0.4, -0.2) is 52.2 Å². The molecule has 0 saturated heterocycles. The highest BCUT2D eigenvalue weighted by Crippen LogP contribution is 2.49. The van der Waals surface area contributed by atoms with Crippen LogP contribution in [0.1, 0.15) is 56.4 Å². The summed E-state index contributed by atoms with van der Waals surface area (Å²) in [6.07, 6.45) is 6.69. The smallest absolute Gasteiger partial charge is 0.134 e. The second-order valence-electron chi connectivity index (χ2n) is 9.35. The molecule has 1 saturated carbocycles. The number of aliphatic hydroxyl groups excluding tert-OH is 1. The molecule has 1 fully saturated rings. The fourth-order valence-electron chi connectivity index (χ4n) is 4.89. The summed E-state index contributed by atoms with van der Waals surface area (Å²) in [6, 6.07) is 6.76. The van der Waals surface area contributed by atoms with Crippen molar-refractivity contribution in [2.75, 3.05) is 20.7 Å². The van der Waals surface area contributed by atoms with Crippen LogP contribution < -0.4 is 10.5 Å². The number of aliphatic hydroxyl groups is 1. The van der Waals surface area contributed by atoms with Crippen molar-refractivity contribution in [3.8, 4) is 23.1 Å². The van der Waals surface area contributed by atoms with Gasteiger partial charge in [0, 0.05) is 30.0 Å². The number of hydrogen-bond donors (Lipinski definition) is 2. The van der Waals surface area contributed by atoms with Gasteiger partial charge in [0.25, 0.3) is 0 Å². The molecule has 2 aromatic rings. The lowest BCUT2D eigenvalue weighted by atomic mass is 9.71. The predicted octanol–water partition coefficient (Wildman–Crippen LogP) is 4.01. The first kappa shape index (κ1) is 25.4. The summed E-state index contributed by atoms with van der Waals surface area (Å²) >= 11 is 1.60. The van der Waals surface area contributed by atoms with Crippen LogP contribution in [0.25, 0.3) is 11.3 Å². The Hall–Kier alpha value is -2.18. The maximum atomic E-state index is 9.19. The van der Waals surface area contributed by atoms with E-state index < -0.39 is 0 Å². The van der Waals surface area contributed by atoms with E-state index in [4.69, 9.17) is 15.6 Å². The number of ether oxygens (including phenoxy) is 1. The third kappa shape index (κ3) is 5.49. The van der Waals surface area contributed by atoms with Crippen LogP contribution in [0.4, 0.5) is 0 Å². The molecule has 1 heterocycles. The molecule has 3 N–H and O–H groups in total. The number of fused-ring (bicyclic) bond motifs is 3. The van der Waals surface area contributed by atoms with Crippen molar-refractivity contribution in [3.63, 3.8) is 0 Å². The fraction of sp³-hybridized carbons (Fsp3) is 0.560. The normalized spacial score (nSPS) is 20.7. The lowest BCUT2D eigenvalue weighted by molar-refractivity contribution is 0.143. The molecule has 1 aromatic carbocycles. The molecule has 0 spiro atoms. The molecule has 7 nitrogen and oxygen atoms in total. The molecule has 8 heteroatoms. The Bertz CT molecular complexity index is 1010. The van der Waals surface area contributed by atoms with Crippen molar-refractivity contribution < 1.29 is 9.84 Å². The van der Waals surface area contributed by atoms with Crippen LogP contribution in [0.2, 0.25) is 0 Å². The summed E-state index contributed by atoms with van der Waals surface area (Å²) in [7, 11) is 2.95. The first-order valence-electron chi connectivity index (χ1n) is 11.4. The highest BCUT2D eigenvalue weighted by Gasteiger charge is 2.36. The van der Waals surface area contributed by atoms with E-state index in [1.165, 1.54) is 11.1 Å². The topological polar surface area (TPSA) is 108 Å². The summed E-state index contributed by atoms with van der Waals surface area (Å²) in [4.78, 5) is 10.2. The molecule has 0 bridgehead atoms. The summed E-state index contributed by atoms with van der Waals surface area (Å²) in [5, 5.41) is 16.2. The summed E-state index contributed by atoms with van der Waals surface area (Å²) in [5.74, 6) is 0.902. The largest absolute Gasteiger partial charge is 0.489 e. The molecule has 4 rings (SSSR count). The Kier molecular flexibility index (Phi) is 8.35. The maximum absolute atomic E-state index is 9.19. The van der Waals surface area contributed by atoms with Gasteiger partial charge in [-0.2, -0.15) is 5.26 Å². The molecule has 1 aromatic heterocycles. The molecule has 178 valence electrons. The summed E-state index contributed by atoms with van der Waals surface area (Å²) in [6.45, 7) is 6.92. The number of benzene rings is 1. The van der Waals surface area contributed by atoms with Crippen molar-refractivity contribution in [2.45, 2.75) is 75.3 Å². The molecule has 33 heavy (non-hydrogen) atoms. The van der Waals surface area contributed by atoms with Crippen LogP contribution >= 0.6 is 11.9 Å². The van der Waals surface area contributed by atoms with Crippen LogP contribution in [0.15, 0.2) is 23.4 Å². The Morgan fingerprint density at radius 2 is 1.94 bits per heavy atom. The van der Waals surface area contributed by atoms with E-state index in [1.54, 1.807) is 18.3 Å². The zero-order valence-electron chi connectivity index (χ0n) is 20.3. The van der Waals surface area contributed by atoms with E-state index in [1.807, 2.05) is 11.4 Å². The fourth-order valence-corrected chi connectivity index (χ4v) is 5.82. The number of nitrogens with zero attached hydrogens (tertiary/aromatic N) is 4. The van der Waals surface area contributed by atoms with E-state index in [0.717, 1.165) is 66.8 Å². The van der Waals surface area contributed by atoms with Crippen molar-refractivity contribution in [1.29, 1.82) is 5.26 Å². The van der Waals surface area contributed by atoms with Gasteiger partial charge < -0.3 is 15.6 Å². The molecular weight excluding hydrogens is 434 g/mol. The van der Waals surface area contributed by atoms with E-state index in [-0.39, 0.29) is 11.5 Å². The van der Waals surface area contributed by atoms with E-state index in [0.29, 0.717) is 12.6 Å². The monoisotopic (exact) mass is 469 g/mol. The van der Waals surface area contributed by atoms with Crippen LogP contribution in [0.3, 0.4) is 0 Å². The molecule has 0 amide bonds. The van der Waals surface area contributed by atoms with Crippen LogP contribution in [0, 0.1) is 18.3 Å². The molecule has 2 aliphatic carbocycles. The SMILES string of the molecule is CO.Cc1ncnc2c1C(C)(C)Cc1c-2ccc(OC2CCC(N)CC2)c1SN(C)CC#N. The first-order chi connectivity index (χ1) is 15.8. The summed E-state index contributed by atoms with van der Waals surface area (Å²) < 4.78 is 8.51. The second-order valence-corrected chi connectivity index (χ2v) is 10.6. The molecular formula is C25H35N5O2S. The van der Waals surface area contributed by atoms with Gasteiger partial charge in [-0.15, -0.1) is 0 Å². The lowest BCUT2D eigenvalue weighted by Crippen LogP contribution is -2.32. The molecule has 0 atom stereocenters. The minimum absolute atomic E-state index is 0.0903. The summed E-state index contributed by atoms with van der Waals surface area (Å²) in [5.41, 5.74) is 11.7. The number of hydrogen-bond acceptors (Lipinski definition) is 8. The van der Waals surface area contributed by atoms with Gasteiger partial charge in [-0.1, -0.05) is 13.8 Å². The molecule has 0 unspecified atom stereocenters. The molecule has 0 radical (unpaired) electrons. The Morgan fingerprint density at radius 1 is 1.24 bits per heavy atom. The van der Waals surface area contributed by atoms with Crippen LogP contribution in [-0.2, 0) is 11.8 Å². The average Bonchev–Trinajstić information content (AvgIpc) is 2.78. The van der Waals surface area contributed by atoms with Gasteiger partial charge in [0.1, 0.15) is 12.1 Å². The number of aromatic nitrogens is 2. The van der Waals surface area contributed by atoms with Gasteiger partial charge in [-0.05, 0) is 81.1 Å². The third-order valence-corrected chi connectivity index (χ3v) is 7.44. The quantitative estimate of drug-likeness (QED) is 0.500. The highest BCUT2D eigenvalue weighted by molar-refractivity contribution is 7.97. The Balaban J connectivity index is 0.00000149. The predicted molar refractivity (Wildman–Crippen MR) is 132 cm³/mol. The van der Waals surface area contributed by atoms with Crippen molar-refractivity contribution >= 4 is 11.9 Å². The van der Waals surface area contributed by atoms with Crippen LogP contribution in [0.5, 0.6) is 5.75 Å². The number of nitrogens with two attached hydrogens (primary N) is 1. The van der Waals surface area contributed by atoms with Crippen molar-refractivity contribution in [3.05, 3.63) is 35.3 Å². The number of nitriles is 1. The highest BCUT2D eigenvalue weighted by atomic mass is 32.2. The lowest BCUT2D eigenvalue weighted by Gasteiger charge is -2.36. The Labute approximate surface area is 201 Å². The van der Waals surface area contributed by atoms with Crippen molar-refractivity contribution in [2.24, 2.45) is 5.73 Å². The van der Waals surface area contributed by atoms with Gasteiger partial charge in [0.05, 0.1) is 29.3 Å². The van der Waals surface area contributed by atoms with E-state index in [9.17, 15) is 5.26 Å². The minimum Gasteiger partial charge on any atom is -0.489 e. The van der Waals surface area contributed by atoms with Gasteiger partial charge in [-0.3, -0.25) is 0 Å². The van der Waals surface area contributed by atoms with Gasteiger partial charge >= 0.3 is 0 Å². The zero-order valence-corrected chi connectivity index (χ0v) is 21.1. The second kappa shape index (κ2) is 10.8. The number of rotatable bonds is 5. The first-order valence-corrected chi connectivity index (χ1v) is 12.2. The van der Waals surface area contributed by atoms with E-state index >= 15 is 0 Å². The Morgan fingerprint density at radius 3 is 2.61 bits per heavy atom. The minimum atomic E-state index is -0.0903. The van der Waals surface area contributed by atoms with Gasteiger partial charge in [0.15, 0.2) is 0 Å². The average molecular weight is 470 g/mol. The maximum Gasteiger partial charge on any atom is 0.134 e. The zero-order chi connectivity index (χ0) is 24.2. The van der Waals surface area contributed by atoms with Gasteiger partial charge in [-0.25, -0.2) is 14.3 Å². The third-order valence-electron chi connectivity index (χ3n) is 6.36. The molecule has 0 aliphatic heterocycles. The van der Waals surface area contributed by atoms with E-state index in [2.05, 4.69) is 48.9 Å². The van der Waals surface area contributed by atoms with Crippen molar-refractivity contribution in [1.82, 2.24) is 14.3 Å². The molecule has 2 aliphatic rings. The standard InChI is InChI=1S/C24H31N5OS.CH4O/c1-15-21-22(28-14-27-15)18-9-10-20(30-17-7-5-16(26)6-8-17)23(31-29(4)12-11-25)19(18)13-24(21,2)3;1-2/h9-10,14,16-17H,5-8,12-13,26H2,1-4H3;2H,1H3.